The van der Waals surface area contributed by atoms with Gasteiger partial charge < -0.3 is 23.7 Å². The first-order valence-electron chi connectivity index (χ1n) is 13.2. The van der Waals surface area contributed by atoms with E-state index < -0.39 is 29.7 Å². The minimum atomic E-state index is -0.782. The molecule has 2 saturated heterocycles. The van der Waals surface area contributed by atoms with E-state index in [9.17, 15) is 9.59 Å². The van der Waals surface area contributed by atoms with Crippen LogP contribution in [0.4, 0.5) is 0 Å². The Kier molecular flexibility index (Phi) is 8.93. The summed E-state index contributed by atoms with van der Waals surface area (Å²) >= 11 is 0. The van der Waals surface area contributed by atoms with Crippen LogP contribution in [0.15, 0.2) is 47.1 Å². The van der Waals surface area contributed by atoms with E-state index in [1.165, 1.54) is 0 Å². The minimum absolute atomic E-state index is 0.0448. The molecule has 7 heteroatoms. The zero-order valence-electron chi connectivity index (χ0n) is 23.9. The van der Waals surface area contributed by atoms with Crippen molar-refractivity contribution in [3.8, 4) is 0 Å². The van der Waals surface area contributed by atoms with Gasteiger partial charge in [0.1, 0.15) is 11.7 Å². The van der Waals surface area contributed by atoms with Gasteiger partial charge in [0.05, 0.1) is 30.5 Å². The molecule has 0 bridgehead atoms. The van der Waals surface area contributed by atoms with Crippen LogP contribution < -0.4 is 0 Å². The molecule has 3 rings (SSSR count). The smallest absolute Gasteiger partial charge is 0.333 e. The predicted octanol–water partition coefficient (Wildman–Crippen LogP) is 5.39. The lowest BCUT2D eigenvalue weighted by Gasteiger charge is -2.40. The van der Waals surface area contributed by atoms with Crippen LogP contribution >= 0.6 is 0 Å². The Morgan fingerprint density at radius 1 is 0.973 bits per heavy atom. The second kappa shape index (κ2) is 11.3. The molecule has 3 aliphatic rings. The number of hydrogen-bond acceptors (Lipinski definition) is 7. The minimum Gasteiger partial charge on any atom is -0.454 e. The van der Waals surface area contributed by atoms with Crippen molar-refractivity contribution in [3.63, 3.8) is 0 Å². The number of ether oxygens (including phenoxy) is 5. The van der Waals surface area contributed by atoms with E-state index in [2.05, 4.69) is 20.4 Å². The van der Waals surface area contributed by atoms with E-state index in [-0.39, 0.29) is 29.8 Å². The lowest BCUT2D eigenvalue weighted by molar-refractivity contribution is -0.174. The molecule has 0 amide bonds. The van der Waals surface area contributed by atoms with Crippen LogP contribution in [-0.4, -0.2) is 60.3 Å². The molecule has 37 heavy (non-hydrogen) atoms. The Morgan fingerprint density at radius 2 is 1.54 bits per heavy atom. The summed E-state index contributed by atoms with van der Waals surface area (Å²) in [6, 6.07) is 0. The van der Waals surface area contributed by atoms with E-state index in [1.54, 1.807) is 39.8 Å². The summed E-state index contributed by atoms with van der Waals surface area (Å²) < 4.78 is 30.4. The highest BCUT2D eigenvalue weighted by molar-refractivity contribution is 5.88. The molecule has 1 saturated carbocycles. The molecule has 0 radical (unpaired) electrons. The van der Waals surface area contributed by atoms with Crippen LogP contribution in [0.2, 0.25) is 0 Å². The van der Waals surface area contributed by atoms with Crippen molar-refractivity contribution in [2.75, 3.05) is 6.61 Å². The molecule has 0 aromatic rings. The van der Waals surface area contributed by atoms with Gasteiger partial charge in [-0.1, -0.05) is 30.4 Å². The number of rotatable bonds is 11. The Balaban J connectivity index is 1.94. The third-order valence-corrected chi connectivity index (χ3v) is 8.18. The lowest BCUT2D eigenvalue weighted by Crippen LogP contribution is -2.54. The van der Waals surface area contributed by atoms with Crippen LogP contribution in [0.25, 0.3) is 0 Å². The van der Waals surface area contributed by atoms with Crippen molar-refractivity contribution in [2.24, 2.45) is 5.92 Å². The fraction of sp³-hybridized carbons (Fsp3) is 0.667. The fourth-order valence-corrected chi connectivity index (χ4v) is 4.80. The van der Waals surface area contributed by atoms with E-state index in [1.807, 2.05) is 26.8 Å². The van der Waals surface area contributed by atoms with Gasteiger partial charge in [0.15, 0.2) is 6.10 Å². The summed E-state index contributed by atoms with van der Waals surface area (Å²) in [6.45, 7) is 21.9. The third kappa shape index (κ3) is 6.44. The quantitative estimate of drug-likeness (QED) is 0.157. The van der Waals surface area contributed by atoms with Crippen LogP contribution in [-0.2, 0) is 33.3 Å². The Morgan fingerprint density at radius 3 is 2.05 bits per heavy atom. The molecule has 0 aromatic heterocycles. The maximum atomic E-state index is 13.0. The SMILES string of the molecule is C=C(C(CC1OC1(C)C)OC/C(C)=C\C)[C@H]1C[C@H]2O[C@@]2(C)[C@@H](OC(=O)/C(C)=C\C)[C@H]1OC(=O)/C(C)=C\C. The molecule has 206 valence electrons. The maximum Gasteiger partial charge on any atom is 0.333 e. The first kappa shape index (κ1) is 29.3. The summed E-state index contributed by atoms with van der Waals surface area (Å²) in [5, 5.41) is 0. The Bertz CT molecular complexity index is 1000. The third-order valence-electron chi connectivity index (χ3n) is 8.18. The van der Waals surface area contributed by atoms with Gasteiger partial charge in [0.25, 0.3) is 0 Å². The van der Waals surface area contributed by atoms with Crippen molar-refractivity contribution in [2.45, 2.75) is 117 Å². The van der Waals surface area contributed by atoms with Crippen molar-refractivity contribution in [1.29, 1.82) is 0 Å². The van der Waals surface area contributed by atoms with Crippen molar-refractivity contribution in [1.82, 2.24) is 0 Å². The molecule has 2 unspecified atom stereocenters. The van der Waals surface area contributed by atoms with Gasteiger partial charge in [0, 0.05) is 23.5 Å². The van der Waals surface area contributed by atoms with E-state index in [0.29, 0.717) is 30.6 Å². The topological polar surface area (TPSA) is 86.9 Å². The summed E-state index contributed by atoms with van der Waals surface area (Å²) in [4.78, 5) is 25.8. The molecule has 1 aliphatic carbocycles. The summed E-state index contributed by atoms with van der Waals surface area (Å²) in [5.41, 5.74) is 1.93. The van der Waals surface area contributed by atoms with Gasteiger partial charge in [-0.25, -0.2) is 9.59 Å². The molecular formula is C30H44O7. The molecule has 7 atom stereocenters. The fourth-order valence-electron chi connectivity index (χ4n) is 4.80. The molecular weight excluding hydrogens is 472 g/mol. The maximum absolute atomic E-state index is 13.0. The molecule has 2 aliphatic heterocycles. The largest absolute Gasteiger partial charge is 0.454 e. The summed E-state index contributed by atoms with van der Waals surface area (Å²) in [6.07, 6.45) is 4.68. The number of epoxide rings is 2. The van der Waals surface area contributed by atoms with Gasteiger partial charge in [-0.15, -0.1) is 0 Å². The lowest BCUT2D eigenvalue weighted by atomic mass is 9.73. The van der Waals surface area contributed by atoms with E-state index in [4.69, 9.17) is 23.7 Å². The second-order valence-electron chi connectivity index (χ2n) is 11.2. The molecule has 7 nitrogen and oxygen atoms in total. The van der Waals surface area contributed by atoms with Gasteiger partial charge in [-0.2, -0.15) is 0 Å². The highest BCUT2D eigenvalue weighted by Crippen LogP contribution is 2.54. The van der Waals surface area contributed by atoms with Crippen molar-refractivity contribution < 1.29 is 33.3 Å². The number of esters is 2. The van der Waals surface area contributed by atoms with Crippen LogP contribution in [0.1, 0.15) is 75.2 Å². The number of carbonyl (C=O) groups excluding carboxylic acids is 2. The number of fused-ring (bicyclic) bond motifs is 1. The zero-order valence-corrected chi connectivity index (χ0v) is 23.9. The van der Waals surface area contributed by atoms with E-state index >= 15 is 0 Å². The summed E-state index contributed by atoms with van der Waals surface area (Å²) in [7, 11) is 0. The number of hydrogen-bond donors (Lipinski definition) is 0. The first-order valence-corrected chi connectivity index (χ1v) is 13.2. The molecule has 0 N–H and O–H groups in total. The highest BCUT2D eigenvalue weighted by atomic mass is 16.7. The molecule has 3 fully saturated rings. The normalized spacial score (nSPS) is 33.8. The summed E-state index contributed by atoms with van der Waals surface area (Å²) in [5.74, 6) is -1.23. The average Bonchev–Trinajstić information content (AvgIpc) is 3.73. The first-order chi connectivity index (χ1) is 17.3. The Labute approximate surface area is 221 Å². The van der Waals surface area contributed by atoms with Crippen molar-refractivity contribution >= 4 is 11.9 Å². The zero-order chi connectivity index (χ0) is 27.7. The van der Waals surface area contributed by atoms with Crippen LogP contribution in [0, 0.1) is 5.92 Å². The molecule has 0 spiro atoms. The predicted molar refractivity (Wildman–Crippen MR) is 142 cm³/mol. The monoisotopic (exact) mass is 516 g/mol. The average molecular weight is 517 g/mol. The highest BCUT2D eigenvalue weighted by Gasteiger charge is 2.68. The Hall–Kier alpha value is -2.22. The van der Waals surface area contributed by atoms with Gasteiger partial charge >= 0.3 is 11.9 Å². The van der Waals surface area contributed by atoms with Gasteiger partial charge in [0.2, 0.25) is 0 Å². The number of allylic oxidation sites excluding steroid dienone is 3. The van der Waals surface area contributed by atoms with Crippen LogP contribution in [0.3, 0.4) is 0 Å². The van der Waals surface area contributed by atoms with Crippen LogP contribution in [0.5, 0.6) is 0 Å². The second-order valence-corrected chi connectivity index (χ2v) is 11.2. The standard InChI is InChI=1S/C30H44O7/c1-11-17(4)16-33-22(15-23-29(8,9)36-23)20(7)21-14-24-30(10,37-24)26(35-28(32)19(6)13-3)25(21)34-27(31)18(5)12-2/h11-13,21-26H,7,14-16H2,1-6,8-10H3/b17-11-,18-12-,19-13-/t21-,22?,23?,24-,25+,26+,30-/m1/s1. The number of carbonyl (C=O) groups is 2. The molecule has 2 heterocycles. The van der Waals surface area contributed by atoms with E-state index in [0.717, 1.165) is 11.1 Å². The van der Waals surface area contributed by atoms with Gasteiger partial charge in [-0.05, 0) is 74.3 Å². The molecule has 0 aromatic carbocycles. The van der Waals surface area contributed by atoms with Crippen molar-refractivity contribution in [3.05, 3.63) is 47.1 Å². The van der Waals surface area contributed by atoms with Gasteiger partial charge in [-0.3, -0.25) is 0 Å².